The molecule has 0 saturated carbocycles. The lowest BCUT2D eigenvalue weighted by atomic mass is 10.2. The number of benzene rings is 2. The number of fused-ring (bicyclic) bond motifs is 1. The van der Waals surface area contributed by atoms with E-state index >= 15 is 0 Å². The summed E-state index contributed by atoms with van der Waals surface area (Å²) < 4.78 is 15.1. The number of rotatable bonds is 4. The summed E-state index contributed by atoms with van der Waals surface area (Å²) in [4.78, 5) is 21.9. The standard InChI is InChI=1S/C20H14ClFN4O/c21-15-5-1-2-6-17(15)26-19(12-24-18-7-3-4-10-23-18)25-16-9-8-13(22)11-14(16)20(26)27/h1-11H,12H2,(H,23,24). The van der Waals surface area contributed by atoms with E-state index in [4.69, 9.17) is 11.6 Å². The number of para-hydroxylation sites is 1. The van der Waals surface area contributed by atoms with Crippen molar-refractivity contribution in [3.63, 3.8) is 0 Å². The fraction of sp³-hybridized carbons (Fsp3) is 0.0500. The van der Waals surface area contributed by atoms with E-state index < -0.39 is 5.82 Å². The molecule has 0 aliphatic heterocycles. The molecule has 4 aromatic rings. The van der Waals surface area contributed by atoms with E-state index in [0.717, 1.165) is 0 Å². The second-order valence-electron chi connectivity index (χ2n) is 5.85. The van der Waals surface area contributed by atoms with E-state index in [1.165, 1.54) is 22.8 Å². The monoisotopic (exact) mass is 380 g/mol. The highest BCUT2D eigenvalue weighted by Gasteiger charge is 2.15. The van der Waals surface area contributed by atoms with Gasteiger partial charge in [0, 0.05) is 6.20 Å². The van der Waals surface area contributed by atoms with Crippen LogP contribution in [0.1, 0.15) is 5.82 Å². The largest absolute Gasteiger partial charge is 0.363 e. The molecule has 0 fully saturated rings. The second-order valence-corrected chi connectivity index (χ2v) is 6.26. The summed E-state index contributed by atoms with van der Waals surface area (Å²) in [6, 6.07) is 16.4. The van der Waals surface area contributed by atoms with Gasteiger partial charge in [-0.3, -0.25) is 9.36 Å². The first kappa shape index (κ1) is 17.2. The zero-order valence-electron chi connectivity index (χ0n) is 14.1. The van der Waals surface area contributed by atoms with E-state index in [1.54, 1.807) is 30.5 Å². The summed E-state index contributed by atoms with van der Waals surface area (Å²) in [5.41, 5.74) is 0.522. The molecule has 4 rings (SSSR count). The van der Waals surface area contributed by atoms with Crippen molar-refractivity contribution < 1.29 is 4.39 Å². The molecule has 2 heterocycles. The number of nitrogens with zero attached hydrogens (tertiary/aromatic N) is 3. The lowest BCUT2D eigenvalue weighted by molar-refractivity contribution is 0.629. The number of pyridine rings is 1. The summed E-state index contributed by atoms with van der Waals surface area (Å²) in [5, 5.41) is 3.73. The maximum Gasteiger partial charge on any atom is 0.266 e. The quantitative estimate of drug-likeness (QED) is 0.577. The summed E-state index contributed by atoms with van der Waals surface area (Å²) >= 11 is 6.31. The number of anilines is 1. The SMILES string of the molecule is O=c1c2cc(F)ccc2nc(CNc2ccccn2)n1-c1ccccc1Cl. The van der Waals surface area contributed by atoms with Crippen molar-refractivity contribution >= 4 is 28.3 Å². The summed E-state index contributed by atoms with van der Waals surface area (Å²) in [6.45, 7) is 0.241. The first-order chi connectivity index (χ1) is 13.1. The Labute approximate surface area is 159 Å². The molecular weight excluding hydrogens is 367 g/mol. The molecule has 134 valence electrons. The molecule has 0 radical (unpaired) electrons. The molecule has 0 aliphatic carbocycles. The molecule has 2 aromatic carbocycles. The van der Waals surface area contributed by atoms with E-state index in [2.05, 4.69) is 15.3 Å². The highest BCUT2D eigenvalue weighted by Crippen LogP contribution is 2.21. The third kappa shape index (κ3) is 3.39. The molecular formula is C20H14ClFN4O. The van der Waals surface area contributed by atoms with Crippen LogP contribution in [-0.4, -0.2) is 14.5 Å². The smallest absolute Gasteiger partial charge is 0.266 e. The molecule has 0 atom stereocenters. The molecule has 1 N–H and O–H groups in total. The van der Waals surface area contributed by atoms with Gasteiger partial charge in [-0.15, -0.1) is 0 Å². The van der Waals surface area contributed by atoms with Gasteiger partial charge >= 0.3 is 0 Å². The van der Waals surface area contributed by atoms with Crippen LogP contribution >= 0.6 is 11.6 Å². The van der Waals surface area contributed by atoms with Crippen LogP contribution in [0.25, 0.3) is 16.6 Å². The normalized spacial score (nSPS) is 10.9. The number of nitrogens with one attached hydrogen (secondary N) is 1. The zero-order valence-corrected chi connectivity index (χ0v) is 14.8. The van der Waals surface area contributed by atoms with Crippen LogP contribution in [0, 0.1) is 5.82 Å². The minimum Gasteiger partial charge on any atom is -0.363 e. The number of aromatic nitrogens is 3. The minimum absolute atomic E-state index is 0.191. The first-order valence-corrected chi connectivity index (χ1v) is 8.62. The van der Waals surface area contributed by atoms with Crippen molar-refractivity contribution in [3.8, 4) is 5.69 Å². The average molecular weight is 381 g/mol. The van der Waals surface area contributed by atoms with Gasteiger partial charge in [-0.2, -0.15) is 0 Å². The molecule has 5 nitrogen and oxygen atoms in total. The van der Waals surface area contributed by atoms with Crippen molar-refractivity contribution in [2.75, 3.05) is 5.32 Å². The van der Waals surface area contributed by atoms with E-state index in [0.29, 0.717) is 27.9 Å². The average Bonchev–Trinajstić information content (AvgIpc) is 2.69. The van der Waals surface area contributed by atoms with Crippen LogP contribution in [-0.2, 0) is 6.54 Å². The first-order valence-electron chi connectivity index (χ1n) is 8.24. The topological polar surface area (TPSA) is 59.8 Å². The van der Waals surface area contributed by atoms with Crippen molar-refractivity contribution in [1.29, 1.82) is 0 Å². The van der Waals surface area contributed by atoms with E-state index in [9.17, 15) is 9.18 Å². The Morgan fingerprint density at radius 3 is 2.67 bits per heavy atom. The van der Waals surface area contributed by atoms with Crippen molar-refractivity contribution in [2.24, 2.45) is 0 Å². The summed E-state index contributed by atoms with van der Waals surface area (Å²) in [5.74, 6) is 0.598. The Balaban J connectivity index is 1.90. The van der Waals surface area contributed by atoms with Gasteiger partial charge in [0.2, 0.25) is 0 Å². The van der Waals surface area contributed by atoms with Gasteiger partial charge in [0.25, 0.3) is 5.56 Å². The number of halogens is 2. The van der Waals surface area contributed by atoms with E-state index in [1.807, 2.05) is 18.2 Å². The number of hydrogen-bond donors (Lipinski definition) is 1. The Morgan fingerprint density at radius 2 is 1.89 bits per heavy atom. The molecule has 2 aromatic heterocycles. The Bertz CT molecular complexity index is 1180. The molecule has 0 spiro atoms. The number of hydrogen-bond acceptors (Lipinski definition) is 4. The molecule has 0 aliphatic rings. The van der Waals surface area contributed by atoms with Gasteiger partial charge in [0.15, 0.2) is 0 Å². The van der Waals surface area contributed by atoms with Gasteiger partial charge in [-0.05, 0) is 42.5 Å². The van der Waals surface area contributed by atoms with Crippen LogP contribution in [0.3, 0.4) is 0 Å². The molecule has 0 unspecified atom stereocenters. The zero-order chi connectivity index (χ0) is 18.8. The van der Waals surface area contributed by atoms with Gasteiger partial charge in [0.1, 0.15) is 17.5 Å². The Hall–Kier alpha value is -3.25. The maximum absolute atomic E-state index is 13.7. The Morgan fingerprint density at radius 1 is 1.07 bits per heavy atom. The minimum atomic E-state index is -0.494. The molecule has 0 amide bonds. The van der Waals surface area contributed by atoms with E-state index in [-0.39, 0.29) is 17.5 Å². The molecule has 0 bridgehead atoms. The van der Waals surface area contributed by atoms with Crippen LogP contribution in [0.5, 0.6) is 0 Å². The third-order valence-corrected chi connectivity index (χ3v) is 4.41. The molecule has 7 heteroatoms. The van der Waals surface area contributed by atoms with Gasteiger partial charge in [0.05, 0.1) is 28.2 Å². The van der Waals surface area contributed by atoms with Crippen molar-refractivity contribution in [1.82, 2.24) is 14.5 Å². The fourth-order valence-electron chi connectivity index (χ4n) is 2.84. The highest BCUT2D eigenvalue weighted by atomic mass is 35.5. The van der Waals surface area contributed by atoms with Crippen LogP contribution in [0.4, 0.5) is 10.2 Å². The predicted molar refractivity (Wildman–Crippen MR) is 104 cm³/mol. The molecule has 0 saturated heterocycles. The fourth-order valence-corrected chi connectivity index (χ4v) is 3.06. The van der Waals surface area contributed by atoms with Crippen LogP contribution in [0.15, 0.2) is 71.7 Å². The van der Waals surface area contributed by atoms with Crippen molar-refractivity contribution in [3.05, 3.63) is 93.9 Å². The maximum atomic E-state index is 13.7. The van der Waals surface area contributed by atoms with Crippen LogP contribution in [0.2, 0.25) is 5.02 Å². The lowest BCUT2D eigenvalue weighted by Gasteiger charge is -2.15. The lowest BCUT2D eigenvalue weighted by Crippen LogP contribution is -2.25. The summed E-state index contributed by atoms with van der Waals surface area (Å²) in [7, 11) is 0. The molecule has 27 heavy (non-hydrogen) atoms. The van der Waals surface area contributed by atoms with Crippen molar-refractivity contribution in [2.45, 2.75) is 6.54 Å². The third-order valence-electron chi connectivity index (χ3n) is 4.09. The second kappa shape index (κ2) is 7.17. The van der Waals surface area contributed by atoms with Gasteiger partial charge in [-0.1, -0.05) is 29.8 Å². The van der Waals surface area contributed by atoms with Gasteiger partial charge in [-0.25, -0.2) is 14.4 Å². The Kier molecular flexibility index (Phi) is 4.56. The van der Waals surface area contributed by atoms with Crippen LogP contribution < -0.4 is 10.9 Å². The predicted octanol–water partition coefficient (Wildman–Crippen LogP) is 4.19. The highest BCUT2D eigenvalue weighted by molar-refractivity contribution is 6.32. The summed E-state index contributed by atoms with van der Waals surface area (Å²) in [6.07, 6.45) is 1.67. The van der Waals surface area contributed by atoms with Gasteiger partial charge < -0.3 is 5.32 Å².